The van der Waals surface area contributed by atoms with Gasteiger partial charge in [0.1, 0.15) is 5.82 Å². The van der Waals surface area contributed by atoms with Crippen LogP contribution in [0.2, 0.25) is 0 Å². The molecule has 78 valence electrons. The minimum atomic E-state index is -0.704. The number of aromatic nitrogens is 2. The summed E-state index contributed by atoms with van der Waals surface area (Å²) in [6.07, 6.45) is 5.42. The number of rotatable bonds is 2. The van der Waals surface area contributed by atoms with Gasteiger partial charge in [-0.15, -0.1) is 0 Å². The number of aliphatic hydroxyl groups excluding tert-OH is 1. The van der Waals surface area contributed by atoms with Crippen molar-refractivity contribution in [1.82, 2.24) is 9.55 Å². The lowest BCUT2D eigenvalue weighted by molar-refractivity contribution is 0.207. The summed E-state index contributed by atoms with van der Waals surface area (Å²) in [5.74, 6) is 1.11. The Morgan fingerprint density at radius 1 is 1.64 bits per heavy atom. The molecule has 1 aliphatic heterocycles. The third kappa shape index (κ3) is 1.55. The van der Waals surface area contributed by atoms with E-state index < -0.39 is 5.54 Å². The summed E-state index contributed by atoms with van der Waals surface area (Å²) in [6.45, 7) is 2.77. The van der Waals surface area contributed by atoms with Gasteiger partial charge in [-0.2, -0.15) is 0 Å². The van der Waals surface area contributed by atoms with E-state index in [9.17, 15) is 0 Å². The predicted molar refractivity (Wildman–Crippen MR) is 53.8 cm³/mol. The molecule has 0 aliphatic carbocycles. The van der Waals surface area contributed by atoms with Crippen LogP contribution >= 0.6 is 0 Å². The van der Waals surface area contributed by atoms with Crippen molar-refractivity contribution in [3.8, 4) is 0 Å². The summed E-state index contributed by atoms with van der Waals surface area (Å²) in [5, 5.41) is 9.13. The Balaban J connectivity index is 2.32. The van der Waals surface area contributed by atoms with Crippen LogP contribution < -0.4 is 5.73 Å². The fourth-order valence-corrected chi connectivity index (χ4v) is 1.77. The minimum Gasteiger partial charge on any atom is -0.394 e. The average molecular weight is 195 g/mol. The molecule has 1 aliphatic rings. The first-order chi connectivity index (χ1) is 6.63. The fourth-order valence-electron chi connectivity index (χ4n) is 1.77. The minimum absolute atomic E-state index is 0.0660. The van der Waals surface area contributed by atoms with Gasteiger partial charge in [-0.05, 0) is 19.8 Å². The summed E-state index contributed by atoms with van der Waals surface area (Å²) in [7, 11) is 0. The average Bonchev–Trinajstić information content (AvgIpc) is 2.61. The summed E-state index contributed by atoms with van der Waals surface area (Å²) in [6, 6.07) is 0. The number of nitrogens with two attached hydrogens (primary N) is 1. The molecule has 0 saturated heterocycles. The number of fused-ring (bicyclic) bond motifs is 1. The predicted octanol–water partition coefficient (Wildman–Crippen LogP) is 0.386. The van der Waals surface area contributed by atoms with E-state index >= 15 is 0 Å². The van der Waals surface area contributed by atoms with Gasteiger partial charge in [0.2, 0.25) is 0 Å². The van der Waals surface area contributed by atoms with Gasteiger partial charge in [0.15, 0.2) is 0 Å². The quantitative estimate of drug-likeness (QED) is 0.717. The molecule has 4 nitrogen and oxygen atoms in total. The molecule has 0 fully saturated rings. The fraction of sp³-hybridized carbons (Fsp3) is 0.700. The van der Waals surface area contributed by atoms with Crippen molar-refractivity contribution in [1.29, 1.82) is 0 Å². The maximum atomic E-state index is 9.13. The molecule has 1 unspecified atom stereocenters. The normalized spacial score (nSPS) is 20.2. The highest BCUT2D eigenvalue weighted by molar-refractivity contribution is 5.15. The zero-order chi connectivity index (χ0) is 10.2. The second-order valence-electron chi connectivity index (χ2n) is 4.27. The van der Waals surface area contributed by atoms with E-state index in [4.69, 9.17) is 10.8 Å². The molecule has 2 rings (SSSR count). The standard InChI is InChI=1S/C10H17N3O/c1-10(11,7-14)8-6-13-5-3-2-4-9(13)12-8/h6,14H,2-5,7,11H2,1H3. The van der Waals surface area contributed by atoms with Crippen LogP contribution in [0.3, 0.4) is 0 Å². The molecule has 14 heavy (non-hydrogen) atoms. The number of hydrogen-bond donors (Lipinski definition) is 2. The molecule has 0 aromatic carbocycles. The van der Waals surface area contributed by atoms with Crippen LogP contribution in [0.1, 0.15) is 31.3 Å². The SMILES string of the molecule is CC(N)(CO)c1cn2c(n1)CCCC2. The lowest BCUT2D eigenvalue weighted by atomic mass is 10.0. The third-order valence-electron chi connectivity index (χ3n) is 2.82. The van der Waals surface area contributed by atoms with Crippen LogP contribution in [0.4, 0.5) is 0 Å². The Morgan fingerprint density at radius 2 is 2.43 bits per heavy atom. The van der Waals surface area contributed by atoms with Crippen molar-refractivity contribution in [3.63, 3.8) is 0 Å². The summed E-state index contributed by atoms with van der Waals surface area (Å²) in [5.41, 5.74) is 6.02. The van der Waals surface area contributed by atoms with Crippen molar-refractivity contribution >= 4 is 0 Å². The van der Waals surface area contributed by atoms with Gasteiger partial charge in [0.25, 0.3) is 0 Å². The maximum Gasteiger partial charge on any atom is 0.109 e. The lowest BCUT2D eigenvalue weighted by Gasteiger charge is -2.18. The molecule has 0 radical (unpaired) electrons. The number of aryl methyl sites for hydroxylation is 2. The molecule has 1 aromatic heterocycles. The second kappa shape index (κ2) is 3.37. The van der Waals surface area contributed by atoms with Gasteiger partial charge in [-0.1, -0.05) is 0 Å². The van der Waals surface area contributed by atoms with E-state index in [1.165, 1.54) is 12.8 Å². The van der Waals surface area contributed by atoms with E-state index in [1.807, 2.05) is 6.20 Å². The van der Waals surface area contributed by atoms with Gasteiger partial charge < -0.3 is 15.4 Å². The highest BCUT2D eigenvalue weighted by atomic mass is 16.3. The van der Waals surface area contributed by atoms with Gasteiger partial charge in [0.05, 0.1) is 17.8 Å². The monoisotopic (exact) mass is 195 g/mol. The van der Waals surface area contributed by atoms with Crippen molar-refractivity contribution in [2.24, 2.45) is 5.73 Å². The van der Waals surface area contributed by atoms with E-state index in [2.05, 4.69) is 9.55 Å². The van der Waals surface area contributed by atoms with Crippen LogP contribution in [0, 0.1) is 0 Å². The Morgan fingerprint density at radius 3 is 3.07 bits per heavy atom. The van der Waals surface area contributed by atoms with Crippen molar-refractivity contribution < 1.29 is 5.11 Å². The molecule has 0 bridgehead atoms. The summed E-state index contributed by atoms with van der Waals surface area (Å²) < 4.78 is 2.15. The highest BCUT2D eigenvalue weighted by Crippen LogP contribution is 2.20. The van der Waals surface area contributed by atoms with Gasteiger partial charge in [0, 0.05) is 19.2 Å². The largest absolute Gasteiger partial charge is 0.394 e. The molecule has 0 amide bonds. The Kier molecular flexibility index (Phi) is 2.33. The first-order valence-electron chi connectivity index (χ1n) is 5.10. The third-order valence-corrected chi connectivity index (χ3v) is 2.82. The van der Waals surface area contributed by atoms with Crippen LogP contribution in [-0.2, 0) is 18.5 Å². The van der Waals surface area contributed by atoms with Crippen LogP contribution in [-0.4, -0.2) is 21.3 Å². The van der Waals surface area contributed by atoms with Gasteiger partial charge >= 0.3 is 0 Å². The number of nitrogens with zero attached hydrogens (tertiary/aromatic N) is 2. The smallest absolute Gasteiger partial charge is 0.109 e. The van der Waals surface area contributed by atoms with E-state index in [0.717, 1.165) is 24.5 Å². The lowest BCUT2D eigenvalue weighted by Crippen LogP contribution is -2.37. The topological polar surface area (TPSA) is 64.1 Å². The Labute approximate surface area is 83.8 Å². The van der Waals surface area contributed by atoms with Crippen molar-refractivity contribution in [3.05, 3.63) is 17.7 Å². The first-order valence-corrected chi connectivity index (χ1v) is 5.10. The van der Waals surface area contributed by atoms with Crippen LogP contribution in [0.15, 0.2) is 6.20 Å². The molecule has 1 aromatic rings. The van der Waals surface area contributed by atoms with E-state index in [0.29, 0.717) is 0 Å². The molecular formula is C10H17N3O. The summed E-state index contributed by atoms with van der Waals surface area (Å²) >= 11 is 0. The number of hydrogen-bond acceptors (Lipinski definition) is 3. The van der Waals surface area contributed by atoms with E-state index in [1.54, 1.807) is 6.92 Å². The summed E-state index contributed by atoms with van der Waals surface area (Å²) in [4.78, 5) is 4.47. The first kappa shape index (κ1) is 9.68. The number of imidazole rings is 1. The Hall–Kier alpha value is -0.870. The zero-order valence-corrected chi connectivity index (χ0v) is 8.53. The second-order valence-corrected chi connectivity index (χ2v) is 4.27. The molecule has 0 saturated carbocycles. The number of aliphatic hydroxyl groups is 1. The maximum absolute atomic E-state index is 9.13. The van der Waals surface area contributed by atoms with Gasteiger partial charge in [-0.25, -0.2) is 4.98 Å². The highest BCUT2D eigenvalue weighted by Gasteiger charge is 2.25. The molecule has 0 spiro atoms. The molecule has 3 N–H and O–H groups in total. The molecule has 4 heteroatoms. The van der Waals surface area contributed by atoms with Crippen LogP contribution in [0.5, 0.6) is 0 Å². The Bertz CT molecular complexity index is 307. The van der Waals surface area contributed by atoms with Crippen molar-refractivity contribution in [2.45, 2.75) is 38.3 Å². The molecule has 1 atom stereocenters. The van der Waals surface area contributed by atoms with Gasteiger partial charge in [-0.3, -0.25) is 0 Å². The van der Waals surface area contributed by atoms with Crippen molar-refractivity contribution in [2.75, 3.05) is 6.61 Å². The molecular weight excluding hydrogens is 178 g/mol. The zero-order valence-electron chi connectivity index (χ0n) is 8.53. The molecule has 2 heterocycles. The van der Waals surface area contributed by atoms with Crippen LogP contribution in [0.25, 0.3) is 0 Å². The van der Waals surface area contributed by atoms with E-state index in [-0.39, 0.29) is 6.61 Å².